The number of fused-ring (bicyclic) bond motifs is 1. The normalized spacial score (nSPS) is 17.5. The first kappa shape index (κ1) is 15.2. The number of anilines is 2. The van der Waals surface area contributed by atoms with Gasteiger partial charge in [0.15, 0.2) is 0 Å². The molecule has 1 aromatic rings. The second-order valence-corrected chi connectivity index (χ2v) is 6.22. The third-order valence-corrected chi connectivity index (χ3v) is 4.92. The topological polar surface area (TPSA) is 26.8 Å². The molecule has 0 radical (unpaired) electrons. The summed E-state index contributed by atoms with van der Waals surface area (Å²) in [5, 5.41) is 0. The first-order valence-electron chi connectivity index (χ1n) is 8.69. The van der Waals surface area contributed by atoms with Crippen LogP contribution in [0.25, 0.3) is 0 Å². The lowest BCUT2D eigenvalue weighted by Crippen LogP contribution is -2.45. The van der Waals surface area contributed by atoms with Crippen LogP contribution in [-0.2, 0) is 6.42 Å². The number of carbonyl (C=O) groups is 1. The number of amides is 2. The fraction of sp³-hybridized carbons (Fsp3) is 0.611. The maximum absolute atomic E-state index is 12.8. The highest BCUT2D eigenvalue weighted by Gasteiger charge is 2.26. The fourth-order valence-corrected chi connectivity index (χ4v) is 3.60. The number of rotatable bonds is 3. The Balaban J connectivity index is 1.90. The summed E-state index contributed by atoms with van der Waals surface area (Å²) in [6.07, 6.45) is 4.69. The first-order valence-corrected chi connectivity index (χ1v) is 8.69. The van der Waals surface area contributed by atoms with E-state index in [-0.39, 0.29) is 6.03 Å². The highest BCUT2D eigenvalue weighted by atomic mass is 16.2. The van der Waals surface area contributed by atoms with Crippen LogP contribution in [0.15, 0.2) is 18.2 Å². The second-order valence-electron chi connectivity index (χ2n) is 6.22. The van der Waals surface area contributed by atoms with Gasteiger partial charge in [-0.25, -0.2) is 4.79 Å². The van der Waals surface area contributed by atoms with Crippen molar-refractivity contribution in [3.05, 3.63) is 23.8 Å². The van der Waals surface area contributed by atoms with Crippen molar-refractivity contribution in [2.75, 3.05) is 42.5 Å². The number of hydrogen-bond donors (Lipinski definition) is 0. The van der Waals surface area contributed by atoms with Gasteiger partial charge >= 0.3 is 6.03 Å². The fourth-order valence-electron chi connectivity index (χ4n) is 3.60. The predicted octanol–water partition coefficient (Wildman–Crippen LogP) is 3.50. The van der Waals surface area contributed by atoms with Gasteiger partial charge in [-0.2, -0.15) is 0 Å². The van der Waals surface area contributed by atoms with Gasteiger partial charge in [0.1, 0.15) is 0 Å². The summed E-state index contributed by atoms with van der Waals surface area (Å²) in [4.78, 5) is 19.1. The van der Waals surface area contributed by atoms with Crippen LogP contribution in [0.1, 0.15) is 38.7 Å². The molecular formula is C18H27N3O. The van der Waals surface area contributed by atoms with Crippen LogP contribution in [0.5, 0.6) is 0 Å². The minimum absolute atomic E-state index is 0.157. The van der Waals surface area contributed by atoms with E-state index in [0.717, 1.165) is 51.3 Å². The predicted molar refractivity (Wildman–Crippen MR) is 91.9 cm³/mol. The molecule has 0 bridgehead atoms. The standard InChI is InChI=1S/C18H27N3O/c1-3-19(4-2)18(22)21-13-7-8-15-9-10-16(14-17(15)21)20-11-5-6-12-20/h9-10,14H,3-8,11-13H2,1-2H3. The van der Waals surface area contributed by atoms with Crippen LogP contribution >= 0.6 is 0 Å². The molecule has 1 aromatic carbocycles. The van der Waals surface area contributed by atoms with Crippen LogP contribution in [0.4, 0.5) is 16.2 Å². The molecule has 0 saturated carbocycles. The van der Waals surface area contributed by atoms with E-state index in [0.29, 0.717) is 0 Å². The molecule has 3 rings (SSSR count). The van der Waals surface area contributed by atoms with Gasteiger partial charge in [0.05, 0.1) is 5.69 Å². The van der Waals surface area contributed by atoms with Crippen LogP contribution in [0.3, 0.4) is 0 Å². The number of benzene rings is 1. The Hall–Kier alpha value is -1.71. The highest BCUT2D eigenvalue weighted by molar-refractivity contribution is 5.94. The van der Waals surface area contributed by atoms with Crippen molar-refractivity contribution in [1.82, 2.24) is 4.90 Å². The summed E-state index contributed by atoms with van der Waals surface area (Å²) in [5.74, 6) is 0. The van der Waals surface area contributed by atoms with E-state index >= 15 is 0 Å². The number of urea groups is 1. The van der Waals surface area contributed by atoms with E-state index in [4.69, 9.17) is 0 Å². The van der Waals surface area contributed by atoms with Crippen molar-refractivity contribution in [1.29, 1.82) is 0 Å². The molecule has 2 aliphatic heterocycles. The average Bonchev–Trinajstić information content (AvgIpc) is 3.09. The summed E-state index contributed by atoms with van der Waals surface area (Å²) in [7, 11) is 0. The van der Waals surface area contributed by atoms with Gasteiger partial charge in [-0.1, -0.05) is 6.07 Å². The van der Waals surface area contributed by atoms with Crippen LogP contribution < -0.4 is 9.80 Å². The lowest BCUT2D eigenvalue weighted by atomic mass is 10.0. The third kappa shape index (κ3) is 2.79. The summed E-state index contributed by atoms with van der Waals surface area (Å²) in [6, 6.07) is 6.85. The van der Waals surface area contributed by atoms with Crippen LogP contribution in [0, 0.1) is 0 Å². The number of aryl methyl sites for hydroxylation is 1. The molecule has 0 spiro atoms. The Morgan fingerprint density at radius 3 is 2.50 bits per heavy atom. The van der Waals surface area contributed by atoms with Gasteiger partial charge in [0, 0.05) is 38.4 Å². The van der Waals surface area contributed by atoms with Crippen LogP contribution in [0.2, 0.25) is 0 Å². The maximum atomic E-state index is 12.8. The summed E-state index contributed by atoms with van der Waals surface area (Å²) < 4.78 is 0. The molecule has 0 unspecified atom stereocenters. The molecule has 120 valence electrons. The largest absolute Gasteiger partial charge is 0.371 e. The number of hydrogen-bond acceptors (Lipinski definition) is 2. The molecule has 0 N–H and O–H groups in total. The number of carbonyl (C=O) groups excluding carboxylic acids is 1. The molecule has 0 atom stereocenters. The summed E-state index contributed by atoms with van der Waals surface area (Å²) >= 11 is 0. The van der Waals surface area contributed by atoms with Gasteiger partial charge in [0.25, 0.3) is 0 Å². The van der Waals surface area contributed by atoms with Crippen molar-refractivity contribution in [3.63, 3.8) is 0 Å². The molecule has 4 nitrogen and oxygen atoms in total. The molecule has 1 saturated heterocycles. The quantitative estimate of drug-likeness (QED) is 0.854. The lowest BCUT2D eigenvalue weighted by molar-refractivity contribution is 0.209. The first-order chi connectivity index (χ1) is 10.7. The minimum atomic E-state index is 0.157. The Labute approximate surface area is 133 Å². The molecule has 2 aliphatic rings. The van der Waals surface area contributed by atoms with E-state index in [1.165, 1.54) is 24.1 Å². The maximum Gasteiger partial charge on any atom is 0.324 e. The molecule has 2 heterocycles. The molecule has 22 heavy (non-hydrogen) atoms. The van der Waals surface area contributed by atoms with Crippen molar-refractivity contribution < 1.29 is 4.79 Å². The smallest absolute Gasteiger partial charge is 0.324 e. The monoisotopic (exact) mass is 301 g/mol. The van der Waals surface area contributed by atoms with Crippen molar-refractivity contribution in [2.45, 2.75) is 39.5 Å². The van der Waals surface area contributed by atoms with Gasteiger partial charge < -0.3 is 9.80 Å². The van der Waals surface area contributed by atoms with Crippen molar-refractivity contribution in [2.24, 2.45) is 0 Å². The Kier molecular flexibility index (Phi) is 4.55. The Bertz CT molecular complexity index is 533. The zero-order valence-electron chi connectivity index (χ0n) is 13.8. The van der Waals surface area contributed by atoms with E-state index < -0.39 is 0 Å². The van der Waals surface area contributed by atoms with Crippen LogP contribution in [-0.4, -0.2) is 43.7 Å². The summed E-state index contributed by atoms with van der Waals surface area (Å²) in [5.41, 5.74) is 3.72. The molecule has 2 amide bonds. The molecule has 4 heteroatoms. The van der Waals surface area contributed by atoms with E-state index in [2.05, 4.69) is 23.1 Å². The van der Waals surface area contributed by atoms with E-state index in [1.54, 1.807) is 0 Å². The number of nitrogens with zero attached hydrogens (tertiary/aromatic N) is 3. The molecular weight excluding hydrogens is 274 g/mol. The molecule has 0 aliphatic carbocycles. The van der Waals surface area contributed by atoms with Gasteiger partial charge in [-0.3, -0.25) is 4.90 Å². The van der Waals surface area contributed by atoms with Crippen molar-refractivity contribution in [3.8, 4) is 0 Å². The van der Waals surface area contributed by atoms with E-state index in [1.807, 2.05) is 23.6 Å². The molecule has 1 fully saturated rings. The zero-order valence-corrected chi connectivity index (χ0v) is 13.8. The highest BCUT2D eigenvalue weighted by Crippen LogP contribution is 2.33. The average molecular weight is 301 g/mol. The Morgan fingerprint density at radius 1 is 1.09 bits per heavy atom. The third-order valence-electron chi connectivity index (χ3n) is 4.92. The minimum Gasteiger partial charge on any atom is -0.371 e. The SMILES string of the molecule is CCN(CC)C(=O)N1CCCc2ccc(N3CCCC3)cc21. The summed E-state index contributed by atoms with van der Waals surface area (Å²) in [6.45, 7) is 8.76. The van der Waals surface area contributed by atoms with Gasteiger partial charge in [-0.15, -0.1) is 0 Å². The van der Waals surface area contributed by atoms with Gasteiger partial charge in [0.2, 0.25) is 0 Å². The second kappa shape index (κ2) is 6.59. The Morgan fingerprint density at radius 2 is 1.82 bits per heavy atom. The van der Waals surface area contributed by atoms with E-state index in [9.17, 15) is 4.79 Å². The zero-order chi connectivity index (χ0) is 15.5. The van der Waals surface area contributed by atoms with Gasteiger partial charge in [-0.05, 0) is 57.2 Å². The van der Waals surface area contributed by atoms with Crippen molar-refractivity contribution >= 4 is 17.4 Å². The molecule has 0 aromatic heterocycles. The lowest BCUT2D eigenvalue weighted by Gasteiger charge is -2.34.